The molecule has 2 N–H and O–H groups in total. The van der Waals surface area contributed by atoms with E-state index < -0.39 is 0 Å². The average Bonchev–Trinajstić information content (AvgIpc) is 2.88. The van der Waals surface area contributed by atoms with E-state index in [-0.39, 0.29) is 12.4 Å². The molecule has 0 amide bonds. The molecule has 1 fully saturated rings. The Kier molecular flexibility index (Phi) is 4.89. The van der Waals surface area contributed by atoms with Crippen LogP contribution in [-0.2, 0) is 11.3 Å². The van der Waals surface area contributed by atoms with Crippen LogP contribution in [0.25, 0.3) is 0 Å². The summed E-state index contributed by atoms with van der Waals surface area (Å²) in [6, 6.07) is 6.39. The van der Waals surface area contributed by atoms with E-state index in [9.17, 15) is 4.39 Å². The number of hydrogen-bond donors (Lipinski definition) is 1. The second kappa shape index (κ2) is 6.65. The minimum Gasteiger partial charge on any atom is -0.376 e. The van der Waals surface area contributed by atoms with Gasteiger partial charge in [-0.3, -0.25) is 0 Å². The minimum absolute atomic E-state index is 0.255. The van der Waals surface area contributed by atoms with Gasteiger partial charge in [0.1, 0.15) is 5.82 Å². The van der Waals surface area contributed by atoms with Gasteiger partial charge in [-0.15, -0.1) is 0 Å². The van der Waals surface area contributed by atoms with Crippen molar-refractivity contribution in [2.75, 3.05) is 13.2 Å². The highest BCUT2D eigenvalue weighted by Gasteiger charge is 2.25. The van der Waals surface area contributed by atoms with Crippen molar-refractivity contribution in [2.45, 2.75) is 25.9 Å². The van der Waals surface area contributed by atoms with E-state index >= 15 is 0 Å². The molecule has 1 aromatic rings. The number of nitrogens with zero attached hydrogens (tertiary/aromatic N) is 1. The molecule has 19 heavy (non-hydrogen) atoms. The van der Waals surface area contributed by atoms with E-state index in [2.05, 4.69) is 0 Å². The molecule has 0 spiro atoms. The summed E-state index contributed by atoms with van der Waals surface area (Å²) in [5.74, 6) is 0.679. The molecule has 102 valence electrons. The van der Waals surface area contributed by atoms with E-state index in [0.717, 1.165) is 6.42 Å². The molecule has 1 aromatic carbocycles. The molecule has 2 atom stereocenters. The summed E-state index contributed by atoms with van der Waals surface area (Å²) in [4.78, 5) is 0. The van der Waals surface area contributed by atoms with Gasteiger partial charge in [0.15, 0.2) is 0 Å². The molecule has 1 aliphatic rings. The number of benzene rings is 1. The van der Waals surface area contributed by atoms with Gasteiger partial charge in [0.25, 0.3) is 0 Å². The summed E-state index contributed by atoms with van der Waals surface area (Å²) in [5.41, 5.74) is 6.55. The van der Waals surface area contributed by atoms with Crippen molar-refractivity contribution >= 4 is 0 Å². The number of ether oxygens (including phenoxy) is 1. The SMILES string of the molecule is N#Cc1ccc(COCC2CCCC2CN)c(F)c1. The highest BCUT2D eigenvalue weighted by Crippen LogP contribution is 2.31. The fourth-order valence-electron chi connectivity index (χ4n) is 2.70. The van der Waals surface area contributed by atoms with Crippen molar-refractivity contribution in [2.24, 2.45) is 17.6 Å². The smallest absolute Gasteiger partial charge is 0.130 e. The second-order valence-electron chi connectivity index (χ2n) is 5.12. The lowest BCUT2D eigenvalue weighted by atomic mass is 9.97. The highest BCUT2D eigenvalue weighted by molar-refractivity contribution is 5.32. The Hall–Kier alpha value is -1.44. The standard InChI is InChI=1S/C15H19FN2O/c16-15-6-11(7-17)4-5-14(15)10-19-9-13-3-1-2-12(13)8-18/h4-6,12-13H,1-3,8-10,18H2. The Morgan fingerprint density at radius 3 is 2.84 bits per heavy atom. The first kappa shape index (κ1) is 14.0. The van der Waals surface area contributed by atoms with Crippen LogP contribution in [0.1, 0.15) is 30.4 Å². The van der Waals surface area contributed by atoms with Crippen molar-refractivity contribution in [3.63, 3.8) is 0 Å². The first-order chi connectivity index (χ1) is 9.24. The zero-order valence-electron chi connectivity index (χ0n) is 10.9. The van der Waals surface area contributed by atoms with Crippen LogP contribution in [-0.4, -0.2) is 13.2 Å². The monoisotopic (exact) mass is 262 g/mol. The molecule has 0 aliphatic heterocycles. The number of nitriles is 1. The van der Waals surface area contributed by atoms with E-state index in [4.69, 9.17) is 15.7 Å². The van der Waals surface area contributed by atoms with Gasteiger partial charge < -0.3 is 10.5 Å². The Bertz CT molecular complexity index is 470. The van der Waals surface area contributed by atoms with Gasteiger partial charge in [-0.05, 0) is 43.4 Å². The quantitative estimate of drug-likeness (QED) is 0.887. The molecule has 1 saturated carbocycles. The maximum absolute atomic E-state index is 13.6. The van der Waals surface area contributed by atoms with Crippen LogP contribution in [0, 0.1) is 29.0 Å². The predicted octanol–water partition coefficient (Wildman–Crippen LogP) is 2.59. The summed E-state index contributed by atoms with van der Waals surface area (Å²) in [6.07, 6.45) is 3.54. The molecule has 1 aliphatic carbocycles. The van der Waals surface area contributed by atoms with Crippen LogP contribution in [0.4, 0.5) is 4.39 Å². The lowest BCUT2D eigenvalue weighted by molar-refractivity contribution is 0.0737. The molecular weight excluding hydrogens is 243 g/mol. The van der Waals surface area contributed by atoms with E-state index in [0.29, 0.717) is 36.1 Å². The third-order valence-corrected chi connectivity index (χ3v) is 3.89. The van der Waals surface area contributed by atoms with Crippen molar-refractivity contribution < 1.29 is 9.13 Å². The van der Waals surface area contributed by atoms with Crippen LogP contribution >= 0.6 is 0 Å². The van der Waals surface area contributed by atoms with Crippen LogP contribution in [0.5, 0.6) is 0 Å². The van der Waals surface area contributed by atoms with Crippen LogP contribution < -0.4 is 5.73 Å². The first-order valence-corrected chi connectivity index (χ1v) is 6.71. The van der Waals surface area contributed by atoms with Crippen molar-refractivity contribution in [1.29, 1.82) is 5.26 Å². The molecule has 2 rings (SSSR count). The third-order valence-electron chi connectivity index (χ3n) is 3.89. The van der Waals surface area contributed by atoms with Gasteiger partial charge in [0.2, 0.25) is 0 Å². The molecule has 0 radical (unpaired) electrons. The number of hydrogen-bond acceptors (Lipinski definition) is 3. The summed E-state index contributed by atoms with van der Waals surface area (Å²) >= 11 is 0. The number of nitrogens with two attached hydrogens (primary N) is 1. The fourth-order valence-corrected chi connectivity index (χ4v) is 2.70. The van der Waals surface area contributed by atoms with Crippen molar-refractivity contribution in [3.05, 3.63) is 35.1 Å². The summed E-state index contributed by atoms with van der Waals surface area (Å²) in [7, 11) is 0. The summed E-state index contributed by atoms with van der Waals surface area (Å²) in [6.45, 7) is 1.60. The van der Waals surface area contributed by atoms with Crippen LogP contribution in [0.2, 0.25) is 0 Å². The van der Waals surface area contributed by atoms with E-state index in [1.165, 1.54) is 18.9 Å². The Balaban J connectivity index is 1.84. The van der Waals surface area contributed by atoms with Gasteiger partial charge in [0, 0.05) is 5.56 Å². The van der Waals surface area contributed by atoms with Crippen molar-refractivity contribution in [3.8, 4) is 6.07 Å². The first-order valence-electron chi connectivity index (χ1n) is 6.71. The predicted molar refractivity (Wildman–Crippen MR) is 70.7 cm³/mol. The third kappa shape index (κ3) is 3.52. The lowest BCUT2D eigenvalue weighted by Crippen LogP contribution is -2.22. The fraction of sp³-hybridized carbons (Fsp3) is 0.533. The van der Waals surface area contributed by atoms with Gasteiger partial charge in [-0.1, -0.05) is 12.5 Å². The molecule has 4 heteroatoms. The van der Waals surface area contributed by atoms with E-state index in [1.54, 1.807) is 12.1 Å². The second-order valence-corrected chi connectivity index (χ2v) is 5.12. The average molecular weight is 262 g/mol. The Labute approximate surface area is 113 Å². The lowest BCUT2D eigenvalue weighted by Gasteiger charge is -2.17. The molecule has 0 aromatic heterocycles. The maximum Gasteiger partial charge on any atom is 0.130 e. The number of rotatable bonds is 5. The van der Waals surface area contributed by atoms with Gasteiger partial charge >= 0.3 is 0 Å². The van der Waals surface area contributed by atoms with Crippen LogP contribution in [0.3, 0.4) is 0 Å². The van der Waals surface area contributed by atoms with Crippen LogP contribution in [0.15, 0.2) is 18.2 Å². The minimum atomic E-state index is -0.374. The molecule has 0 bridgehead atoms. The summed E-state index contributed by atoms with van der Waals surface area (Å²) < 4.78 is 19.2. The molecule has 0 saturated heterocycles. The zero-order chi connectivity index (χ0) is 13.7. The topological polar surface area (TPSA) is 59.0 Å². The van der Waals surface area contributed by atoms with Gasteiger partial charge in [-0.25, -0.2) is 4.39 Å². The summed E-state index contributed by atoms with van der Waals surface area (Å²) in [5, 5.41) is 8.67. The molecule has 2 unspecified atom stereocenters. The Morgan fingerprint density at radius 1 is 1.37 bits per heavy atom. The van der Waals surface area contributed by atoms with Crippen molar-refractivity contribution in [1.82, 2.24) is 0 Å². The Morgan fingerprint density at radius 2 is 2.16 bits per heavy atom. The molecule has 0 heterocycles. The largest absolute Gasteiger partial charge is 0.376 e. The zero-order valence-corrected chi connectivity index (χ0v) is 10.9. The normalized spacial score (nSPS) is 22.4. The van der Waals surface area contributed by atoms with E-state index in [1.807, 2.05) is 6.07 Å². The highest BCUT2D eigenvalue weighted by atomic mass is 19.1. The number of halogens is 1. The van der Waals surface area contributed by atoms with Gasteiger partial charge in [-0.2, -0.15) is 5.26 Å². The molecule has 3 nitrogen and oxygen atoms in total. The maximum atomic E-state index is 13.6. The molecular formula is C15H19FN2O. The van der Waals surface area contributed by atoms with Gasteiger partial charge in [0.05, 0.1) is 24.8 Å².